The molecule has 0 aliphatic heterocycles. The van der Waals surface area contributed by atoms with Crippen molar-refractivity contribution in [3.63, 3.8) is 0 Å². The Balaban J connectivity index is 1.64. The van der Waals surface area contributed by atoms with Crippen LogP contribution in [0.3, 0.4) is 0 Å². The lowest BCUT2D eigenvalue weighted by Gasteiger charge is -2.10. The maximum atomic E-state index is 12.5. The molecule has 2 aromatic carbocycles. The van der Waals surface area contributed by atoms with Crippen LogP contribution in [0.4, 0.5) is 0 Å². The van der Waals surface area contributed by atoms with Gasteiger partial charge in [-0.25, -0.2) is 0 Å². The number of amides is 1. The smallest absolute Gasteiger partial charge is 0.253 e. The highest BCUT2D eigenvalue weighted by Crippen LogP contribution is 2.27. The summed E-state index contributed by atoms with van der Waals surface area (Å²) in [6.07, 6.45) is 2.41. The monoisotopic (exact) mass is 354 g/mol. The van der Waals surface area contributed by atoms with Crippen LogP contribution in [0.2, 0.25) is 0 Å². The number of aromatic nitrogens is 1. The first kappa shape index (κ1) is 17.7. The Morgan fingerprint density at radius 1 is 1.00 bits per heavy atom. The zero-order valence-electron chi connectivity index (χ0n) is 15.1. The second kappa shape index (κ2) is 7.82. The van der Waals surface area contributed by atoms with E-state index >= 15 is 0 Å². The molecule has 3 aromatic rings. The molecule has 0 radical (unpaired) electrons. The molecule has 0 aliphatic rings. The number of H-pyrrole nitrogens is 1. The van der Waals surface area contributed by atoms with Crippen LogP contribution in [0.25, 0.3) is 10.9 Å². The van der Waals surface area contributed by atoms with E-state index in [1.807, 2.05) is 36.4 Å². The molecule has 0 spiro atoms. The lowest BCUT2D eigenvalue weighted by molar-refractivity contribution is 0.0956. The van der Waals surface area contributed by atoms with E-state index in [-0.39, 0.29) is 5.91 Å². The Kier molecular flexibility index (Phi) is 5.31. The summed E-state index contributed by atoms with van der Waals surface area (Å²) in [4.78, 5) is 15.6. The van der Waals surface area contributed by atoms with Crippen molar-refractivity contribution >= 4 is 16.8 Å². The van der Waals surface area contributed by atoms with Crippen molar-refractivity contribution in [3.05, 3.63) is 53.7 Å². The van der Waals surface area contributed by atoms with Crippen LogP contribution in [0.15, 0.2) is 42.6 Å². The summed E-state index contributed by atoms with van der Waals surface area (Å²) in [6, 6.07) is 11.3. The van der Waals surface area contributed by atoms with Gasteiger partial charge < -0.3 is 24.5 Å². The molecule has 0 unspecified atom stereocenters. The van der Waals surface area contributed by atoms with E-state index in [4.69, 9.17) is 14.2 Å². The van der Waals surface area contributed by atoms with Crippen molar-refractivity contribution in [1.29, 1.82) is 0 Å². The number of benzene rings is 2. The lowest BCUT2D eigenvalue weighted by Crippen LogP contribution is -2.25. The molecule has 6 nitrogen and oxygen atoms in total. The molecule has 0 fully saturated rings. The van der Waals surface area contributed by atoms with Crippen molar-refractivity contribution in [2.24, 2.45) is 0 Å². The fraction of sp³-hybridized carbons (Fsp3) is 0.250. The SMILES string of the molecule is COc1ccc2c(C(=O)NCCc3ccc(OC)c(OC)c3)c[nH]c2c1. The highest BCUT2D eigenvalue weighted by Gasteiger charge is 2.12. The summed E-state index contributed by atoms with van der Waals surface area (Å²) in [7, 11) is 4.83. The molecule has 0 bridgehead atoms. The topological polar surface area (TPSA) is 72.6 Å². The maximum Gasteiger partial charge on any atom is 0.253 e. The van der Waals surface area contributed by atoms with Gasteiger partial charge in [-0.1, -0.05) is 6.07 Å². The predicted octanol–water partition coefficient (Wildman–Crippen LogP) is 3.17. The van der Waals surface area contributed by atoms with Crippen LogP contribution in [0, 0.1) is 0 Å². The lowest BCUT2D eigenvalue weighted by atomic mass is 10.1. The van der Waals surface area contributed by atoms with Crippen LogP contribution in [0.1, 0.15) is 15.9 Å². The fourth-order valence-corrected chi connectivity index (χ4v) is 2.87. The number of hydrogen-bond acceptors (Lipinski definition) is 4. The number of carbonyl (C=O) groups is 1. The minimum absolute atomic E-state index is 0.109. The second-order valence-corrected chi connectivity index (χ2v) is 5.81. The van der Waals surface area contributed by atoms with Gasteiger partial charge in [0.2, 0.25) is 0 Å². The molecule has 136 valence electrons. The Bertz CT molecular complexity index is 917. The number of fused-ring (bicyclic) bond motifs is 1. The third-order valence-electron chi connectivity index (χ3n) is 4.28. The first-order chi connectivity index (χ1) is 12.7. The Morgan fingerprint density at radius 3 is 2.54 bits per heavy atom. The number of hydrogen-bond donors (Lipinski definition) is 2. The highest BCUT2D eigenvalue weighted by atomic mass is 16.5. The highest BCUT2D eigenvalue weighted by molar-refractivity contribution is 6.06. The van der Waals surface area contributed by atoms with Crippen LogP contribution >= 0.6 is 0 Å². The van der Waals surface area contributed by atoms with Gasteiger partial charge in [-0.15, -0.1) is 0 Å². The first-order valence-corrected chi connectivity index (χ1v) is 8.30. The van der Waals surface area contributed by atoms with Gasteiger partial charge >= 0.3 is 0 Å². The molecular formula is C20H22N2O4. The largest absolute Gasteiger partial charge is 0.497 e. The third-order valence-corrected chi connectivity index (χ3v) is 4.28. The number of rotatable bonds is 7. The number of nitrogens with one attached hydrogen (secondary N) is 2. The summed E-state index contributed by atoms with van der Waals surface area (Å²) in [5.41, 5.74) is 2.55. The summed E-state index contributed by atoms with van der Waals surface area (Å²) >= 11 is 0. The van der Waals surface area contributed by atoms with E-state index < -0.39 is 0 Å². The van der Waals surface area contributed by atoms with Gasteiger partial charge in [0.05, 0.1) is 26.9 Å². The minimum Gasteiger partial charge on any atom is -0.497 e. The van der Waals surface area contributed by atoms with Crippen LogP contribution < -0.4 is 19.5 Å². The maximum absolute atomic E-state index is 12.5. The van der Waals surface area contributed by atoms with E-state index in [9.17, 15) is 4.79 Å². The third kappa shape index (κ3) is 3.59. The Morgan fingerprint density at radius 2 is 1.81 bits per heavy atom. The van der Waals surface area contributed by atoms with E-state index in [1.165, 1.54) is 0 Å². The van der Waals surface area contributed by atoms with Gasteiger partial charge in [0, 0.05) is 29.7 Å². The number of ether oxygens (including phenoxy) is 3. The molecule has 0 aliphatic carbocycles. The van der Waals surface area contributed by atoms with Crippen LogP contribution in [-0.2, 0) is 6.42 Å². The van der Waals surface area contributed by atoms with E-state index in [2.05, 4.69) is 10.3 Å². The van der Waals surface area contributed by atoms with Crippen molar-refractivity contribution < 1.29 is 19.0 Å². The number of carbonyl (C=O) groups excluding carboxylic acids is 1. The molecule has 2 N–H and O–H groups in total. The summed E-state index contributed by atoms with van der Waals surface area (Å²) in [5, 5.41) is 3.83. The molecule has 0 saturated heterocycles. The molecule has 1 heterocycles. The normalized spacial score (nSPS) is 10.6. The minimum atomic E-state index is -0.109. The van der Waals surface area contributed by atoms with Crippen molar-refractivity contribution in [2.75, 3.05) is 27.9 Å². The van der Waals surface area contributed by atoms with E-state index in [1.54, 1.807) is 27.5 Å². The van der Waals surface area contributed by atoms with Crippen molar-refractivity contribution in [1.82, 2.24) is 10.3 Å². The van der Waals surface area contributed by atoms with Crippen molar-refractivity contribution in [3.8, 4) is 17.2 Å². The fourth-order valence-electron chi connectivity index (χ4n) is 2.87. The molecular weight excluding hydrogens is 332 g/mol. The summed E-state index contributed by atoms with van der Waals surface area (Å²) < 4.78 is 15.7. The Hall–Kier alpha value is -3.15. The summed E-state index contributed by atoms with van der Waals surface area (Å²) in [5.74, 6) is 2.01. The van der Waals surface area contributed by atoms with Crippen molar-refractivity contribution in [2.45, 2.75) is 6.42 Å². The van der Waals surface area contributed by atoms with Gasteiger partial charge in [0.15, 0.2) is 11.5 Å². The van der Waals surface area contributed by atoms with Gasteiger partial charge in [0.25, 0.3) is 5.91 Å². The standard InChI is InChI=1S/C20H22N2O4/c1-24-14-5-6-15-16(12-22-17(15)11-14)20(23)21-9-8-13-4-7-18(25-2)19(10-13)26-3/h4-7,10-12,22H,8-9H2,1-3H3,(H,21,23). The molecule has 6 heteroatoms. The predicted molar refractivity (Wildman–Crippen MR) is 100 cm³/mol. The second-order valence-electron chi connectivity index (χ2n) is 5.81. The molecule has 26 heavy (non-hydrogen) atoms. The first-order valence-electron chi connectivity index (χ1n) is 8.30. The average molecular weight is 354 g/mol. The van der Waals surface area contributed by atoms with Gasteiger partial charge in [-0.05, 0) is 36.2 Å². The summed E-state index contributed by atoms with van der Waals surface area (Å²) in [6.45, 7) is 0.525. The Labute approximate surface area is 152 Å². The molecule has 1 aromatic heterocycles. The molecule has 0 saturated carbocycles. The average Bonchev–Trinajstić information content (AvgIpc) is 3.10. The van der Waals surface area contributed by atoms with E-state index in [0.717, 1.165) is 22.2 Å². The number of aromatic amines is 1. The molecule has 0 atom stereocenters. The van der Waals surface area contributed by atoms with Crippen LogP contribution in [-0.4, -0.2) is 38.8 Å². The zero-order valence-corrected chi connectivity index (χ0v) is 15.1. The molecule has 3 rings (SSSR count). The quantitative estimate of drug-likeness (QED) is 0.684. The van der Waals surface area contributed by atoms with E-state index in [0.29, 0.717) is 30.0 Å². The number of methoxy groups -OCH3 is 3. The van der Waals surface area contributed by atoms with Gasteiger partial charge in [-0.2, -0.15) is 0 Å². The zero-order chi connectivity index (χ0) is 18.5. The van der Waals surface area contributed by atoms with Crippen LogP contribution in [0.5, 0.6) is 17.2 Å². The van der Waals surface area contributed by atoms with Gasteiger partial charge in [-0.3, -0.25) is 4.79 Å². The molecule has 1 amide bonds. The van der Waals surface area contributed by atoms with Gasteiger partial charge in [0.1, 0.15) is 5.75 Å².